The van der Waals surface area contributed by atoms with Crippen molar-refractivity contribution in [1.82, 2.24) is 15.3 Å². The molecule has 1 saturated heterocycles. The summed E-state index contributed by atoms with van der Waals surface area (Å²) in [6, 6.07) is 14.4. The topological polar surface area (TPSA) is 66.8 Å². The van der Waals surface area contributed by atoms with Gasteiger partial charge in [-0.15, -0.1) is 0 Å². The molecule has 3 heterocycles. The first-order valence-electron chi connectivity index (χ1n) is 10.5. The molecule has 152 valence electrons. The van der Waals surface area contributed by atoms with Crippen LogP contribution in [0.4, 0.5) is 0 Å². The number of rotatable bonds is 7. The molecule has 4 rings (SSSR count). The predicted molar refractivity (Wildman–Crippen MR) is 113 cm³/mol. The van der Waals surface area contributed by atoms with E-state index in [9.17, 15) is 4.79 Å². The molecule has 6 heteroatoms. The Morgan fingerprint density at radius 1 is 1.21 bits per heavy atom. The fraction of sp³-hybridized carbons (Fsp3) is 0.435. The zero-order chi connectivity index (χ0) is 20.1. The minimum atomic E-state index is -0.140. The SMILES string of the molecule is C[C@@H]1CCCN1CCCOc1ccc(C2=NNC(=O)CC2c2ccccn2)cc1. The molecule has 0 saturated carbocycles. The van der Waals surface area contributed by atoms with Crippen LogP contribution in [0.1, 0.15) is 49.8 Å². The summed E-state index contributed by atoms with van der Waals surface area (Å²) < 4.78 is 5.92. The first-order chi connectivity index (χ1) is 14.2. The summed E-state index contributed by atoms with van der Waals surface area (Å²) in [5, 5.41) is 4.33. The van der Waals surface area contributed by atoms with E-state index in [1.54, 1.807) is 6.20 Å². The van der Waals surface area contributed by atoms with Crippen LogP contribution in [0.3, 0.4) is 0 Å². The van der Waals surface area contributed by atoms with Gasteiger partial charge in [-0.25, -0.2) is 5.43 Å². The highest BCUT2D eigenvalue weighted by Gasteiger charge is 2.28. The molecular formula is C23H28N4O2. The van der Waals surface area contributed by atoms with E-state index in [0.717, 1.165) is 42.3 Å². The van der Waals surface area contributed by atoms with Gasteiger partial charge in [0.1, 0.15) is 5.75 Å². The number of likely N-dealkylation sites (tertiary alicyclic amines) is 1. The number of carbonyl (C=O) groups is 1. The number of hydrogen-bond donors (Lipinski definition) is 1. The molecule has 1 unspecified atom stereocenters. The van der Waals surface area contributed by atoms with Crippen LogP contribution in [-0.4, -0.2) is 47.2 Å². The maximum atomic E-state index is 11.9. The predicted octanol–water partition coefficient (Wildman–Crippen LogP) is 3.34. The quantitative estimate of drug-likeness (QED) is 0.734. The third-order valence-corrected chi connectivity index (χ3v) is 5.76. The summed E-state index contributed by atoms with van der Waals surface area (Å²) in [4.78, 5) is 18.8. The van der Waals surface area contributed by atoms with Gasteiger partial charge in [0.15, 0.2) is 0 Å². The molecule has 1 aromatic heterocycles. The Bertz CT molecular complexity index is 851. The summed E-state index contributed by atoms with van der Waals surface area (Å²) >= 11 is 0. The van der Waals surface area contributed by atoms with Crippen molar-refractivity contribution < 1.29 is 9.53 Å². The van der Waals surface area contributed by atoms with Crippen molar-refractivity contribution in [3.05, 3.63) is 59.9 Å². The van der Waals surface area contributed by atoms with Crippen LogP contribution in [0.5, 0.6) is 5.75 Å². The van der Waals surface area contributed by atoms with E-state index < -0.39 is 0 Å². The summed E-state index contributed by atoms with van der Waals surface area (Å²) in [6.45, 7) is 5.34. The number of pyridine rings is 1. The van der Waals surface area contributed by atoms with Crippen molar-refractivity contribution in [3.63, 3.8) is 0 Å². The molecule has 1 N–H and O–H groups in total. The van der Waals surface area contributed by atoms with Crippen molar-refractivity contribution in [2.45, 2.75) is 44.6 Å². The van der Waals surface area contributed by atoms with Crippen molar-refractivity contribution >= 4 is 11.6 Å². The van der Waals surface area contributed by atoms with Crippen LogP contribution in [0, 0.1) is 0 Å². The van der Waals surface area contributed by atoms with Crippen LogP contribution in [0.25, 0.3) is 0 Å². The molecular weight excluding hydrogens is 364 g/mol. The fourth-order valence-electron chi connectivity index (χ4n) is 4.13. The van der Waals surface area contributed by atoms with Gasteiger partial charge in [-0.05, 0) is 74.7 Å². The largest absolute Gasteiger partial charge is 0.494 e. The molecule has 2 aliphatic heterocycles. The van der Waals surface area contributed by atoms with E-state index in [1.807, 2.05) is 42.5 Å². The molecule has 0 spiro atoms. The number of aromatic nitrogens is 1. The first-order valence-corrected chi connectivity index (χ1v) is 10.5. The number of amides is 1. The Labute approximate surface area is 172 Å². The number of benzene rings is 1. The Morgan fingerprint density at radius 3 is 2.79 bits per heavy atom. The first kappa shape index (κ1) is 19.6. The van der Waals surface area contributed by atoms with Gasteiger partial charge in [-0.1, -0.05) is 6.07 Å². The molecule has 1 aromatic carbocycles. The van der Waals surface area contributed by atoms with Crippen LogP contribution >= 0.6 is 0 Å². The second-order valence-electron chi connectivity index (χ2n) is 7.80. The van der Waals surface area contributed by atoms with Crippen molar-refractivity contribution in [2.24, 2.45) is 5.10 Å². The molecule has 1 fully saturated rings. The molecule has 0 radical (unpaired) electrons. The van der Waals surface area contributed by atoms with Gasteiger partial charge >= 0.3 is 0 Å². The third-order valence-electron chi connectivity index (χ3n) is 5.76. The van der Waals surface area contributed by atoms with Crippen LogP contribution in [-0.2, 0) is 4.79 Å². The average Bonchev–Trinajstić information content (AvgIpc) is 3.17. The van der Waals surface area contributed by atoms with Gasteiger partial charge in [-0.3, -0.25) is 9.78 Å². The van der Waals surface area contributed by atoms with Gasteiger partial charge < -0.3 is 9.64 Å². The second kappa shape index (κ2) is 9.18. The maximum absolute atomic E-state index is 11.9. The highest BCUT2D eigenvalue weighted by atomic mass is 16.5. The van der Waals surface area contributed by atoms with E-state index >= 15 is 0 Å². The average molecular weight is 393 g/mol. The minimum absolute atomic E-state index is 0.0864. The third kappa shape index (κ3) is 4.82. The van der Waals surface area contributed by atoms with E-state index in [0.29, 0.717) is 12.5 Å². The summed E-state index contributed by atoms with van der Waals surface area (Å²) in [7, 11) is 0. The van der Waals surface area contributed by atoms with Gasteiger partial charge in [0.2, 0.25) is 5.91 Å². The zero-order valence-electron chi connectivity index (χ0n) is 16.9. The molecule has 2 aromatic rings. The Balaban J connectivity index is 1.37. The lowest BCUT2D eigenvalue weighted by atomic mass is 9.89. The van der Waals surface area contributed by atoms with Crippen molar-refractivity contribution in [2.75, 3.05) is 19.7 Å². The van der Waals surface area contributed by atoms with Crippen molar-refractivity contribution in [1.29, 1.82) is 0 Å². The lowest BCUT2D eigenvalue weighted by molar-refractivity contribution is -0.121. The molecule has 6 nitrogen and oxygen atoms in total. The van der Waals surface area contributed by atoms with Crippen LogP contribution in [0.15, 0.2) is 53.8 Å². The van der Waals surface area contributed by atoms with E-state index in [-0.39, 0.29) is 11.8 Å². The standard InChI is InChI=1S/C23H28N4O2/c1-17-6-4-13-27(17)14-5-15-29-19-10-8-18(9-11-19)23-20(16-22(28)25-26-23)21-7-2-3-12-24-21/h2-3,7-12,17,20H,4-6,13-16H2,1H3,(H,25,28)/t17-,20?/m1/s1. The lowest BCUT2D eigenvalue weighted by Gasteiger charge is -2.22. The number of ether oxygens (including phenoxy) is 1. The van der Waals surface area contributed by atoms with Gasteiger partial charge in [0.05, 0.1) is 18.2 Å². The molecule has 2 aliphatic rings. The van der Waals surface area contributed by atoms with Gasteiger partial charge in [0, 0.05) is 30.9 Å². The second-order valence-corrected chi connectivity index (χ2v) is 7.80. The van der Waals surface area contributed by atoms with Crippen LogP contribution in [0.2, 0.25) is 0 Å². The van der Waals surface area contributed by atoms with Crippen molar-refractivity contribution in [3.8, 4) is 5.75 Å². The number of nitrogens with one attached hydrogen (secondary N) is 1. The molecule has 1 amide bonds. The number of nitrogens with zero attached hydrogens (tertiary/aromatic N) is 3. The maximum Gasteiger partial charge on any atom is 0.241 e. The Morgan fingerprint density at radius 2 is 2.07 bits per heavy atom. The smallest absolute Gasteiger partial charge is 0.241 e. The van der Waals surface area contributed by atoms with Gasteiger partial charge in [0.25, 0.3) is 0 Å². The summed E-state index contributed by atoms with van der Waals surface area (Å²) in [5.41, 5.74) is 5.26. The fourth-order valence-corrected chi connectivity index (χ4v) is 4.13. The molecule has 0 bridgehead atoms. The minimum Gasteiger partial charge on any atom is -0.494 e. The lowest BCUT2D eigenvalue weighted by Crippen LogP contribution is -2.32. The van der Waals surface area contributed by atoms with Crippen LogP contribution < -0.4 is 10.2 Å². The Kier molecular flexibility index (Phi) is 6.20. The van der Waals surface area contributed by atoms with Gasteiger partial charge in [-0.2, -0.15) is 5.10 Å². The Hall–Kier alpha value is -2.73. The van der Waals surface area contributed by atoms with E-state index in [4.69, 9.17) is 4.74 Å². The normalized spacial score (nSPS) is 22.2. The highest BCUT2D eigenvalue weighted by Crippen LogP contribution is 2.27. The zero-order valence-corrected chi connectivity index (χ0v) is 16.9. The van der Waals surface area contributed by atoms with E-state index in [2.05, 4.69) is 27.3 Å². The highest BCUT2D eigenvalue weighted by molar-refractivity contribution is 6.08. The molecule has 2 atom stereocenters. The summed E-state index contributed by atoms with van der Waals surface area (Å²) in [6.07, 6.45) is 5.76. The number of carbonyl (C=O) groups excluding carboxylic acids is 1. The number of hydrogen-bond acceptors (Lipinski definition) is 5. The van der Waals surface area contributed by atoms with E-state index in [1.165, 1.54) is 19.4 Å². The monoisotopic (exact) mass is 392 g/mol. The molecule has 29 heavy (non-hydrogen) atoms. The number of hydrazone groups is 1. The summed E-state index contributed by atoms with van der Waals surface area (Å²) in [5.74, 6) is 0.633. The molecule has 0 aliphatic carbocycles.